The lowest BCUT2D eigenvalue weighted by atomic mass is 9.97. The van der Waals surface area contributed by atoms with E-state index in [9.17, 15) is 0 Å². The van der Waals surface area contributed by atoms with Crippen molar-refractivity contribution in [3.63, 3.8) is 0 Å². The highest BCUT2D eigenvalue weighted by Gasteiger charge is 2.17. The second-order valence-corrected chi connectivity index (χ2v) is 6.13. The molecule has 118 valence electrons. The van der Waals surface area contributed by atoms with E-state index in [0.717, 1.165) is 30.7 Å². The molecule has 0 aliphatic rings. The van der Waals surface area contributed by atoms with Crippen molar-refractivity contribution in [2.24, 2.45) is 0 Å². The Bertz CT molecular complexity index is 615. The smallest absolute Gasteiger partial charge is 0.230 e. The van der Waals surface area contributed by atoms with Crippen molar-refractivity contribution in [3.8, 4) is 11.4 Å². The highest BCUT2D eigenvalue weighted by atomic mass is 16.5. The summed E-state index contributed by atoms with van der Waals surface area (Å²) < 4.78 is 5.51. The number of nitrogens with zero attached hydrogens (tertiary/aromatic N) is 2. The van der Waals surface area contributed by atoms with Crippen molar-refractivity contribution >= 4 is 0 Å². The Hall–Kier alpha value is -1.90. The number of allylic oxidation sites excluding steroid dienone is 1. The van der Waals surface area contributed by atoms with Gasteiger partial charge in [0.2, 0.25) is 11.7 Å². The summed E-state index contributed by atoms with van der Waals surface area (Å²) in [5, 5.41) is 4.15. The number of aromatic nitrogens is 2. The van der Waals surface area contributed by atoms with E-state index in [4.69, 9.17) is 4.52 Å². The Morgan fingerprint density at radius 1 is 1.32 bits per heavy atom. The average Bonchev–Trinajstić information content (AvgIpc) is 2.97. The van der Waals surface area contributed by atoms with E-state index >= 15 is 0 Å². The van der Waals surface area contributed by atoms with Crippen LogP contribution in [0.4, 0.5) is 0 Å². The third kappa shape index (κ3) is 4.55. The molecular formula is C19H26N2O. The Morgan fingerprint density at radius 3 is 2.82 bits per heavy atom. The molecule has 1 heterocycles. The maximum absolute atomic E-state index is 5.51. The molecular weight excluding hydrogens is 272 g/mol. The highest BCUT2D eigenvalue weighted by molar-refractivity contribution is 5.55. The Balaban J connectivity index is 2.00. The van der Waals surface area contributed by atoms with Crippen LogP contribution in [0.15, 0.2) is 40.9 Å². The predicted octanol–water partition coefficient (Wildman–Crippen LogP) is 5.68. The molecule has 1 atom stereocenters. The molecule has 2 aromatic rings. The molecule has 1 unspecified atom stereocenters. The molecule has 0 bridgehead atoms. The zero-order valence-corrected chi connectivity index (χ0v) is 13.9. The Morgan fingerprint density at radius 2 is 2.14 bits per heavy atom. The van der Waals surface area contributed by atoms with E-state index in [1.54, 1.807) is 0 Å². The zero-order valence-electron chi connectivity index (χ0n) is 13.9. The lowest BCUT2D eigenvalue weighted by Gasteiger charge is -2.09. The molecule has 22 heavy (non-hydrogen) atoms. The minimum Gasteiger partial charge on any atom is -0.339 e. The number of hydrogen-bond donors (Lipinski definition) is 0. The maximum Gasteiger partial charge on any atom is 0.230 e. The second kappa shape index (κ2) is 7.92. The van der Waals surface area contributed by atoms with Crippen molar-refractivity contribution in [3.05, 3.63) is 47.9 Å². The van der Waals surface area contributed by atoms with Crippen molar-refractivity contribution in [2.45, 2.75) is 58.8 Å². The lowest BCUT2D eigenvalue weighted by molar-refractivity contribution is 0.339. The van der Waals surface area contributed by atoms with Crippen LogP contribution in [-0.2, 0) is 0 Å². The van der Waals surface area contributed by atoms with Gasteiger partial charge in [0.1, 0.15) is 0 Å². The molecule has 0 radical (unpaired) electrons. The first kappa shape index (κ1) is 16.5. The van der Waals surface area contributed by atoms with Gasteiger partial charge in [-0.25, -0.2) is 0 Å². The first-order valence-corrected chi connectivity index (χ1v) is 8.15. The summed E-state index contributed by atoms with van der Waals surface area (Å²) in [6, 6.07) is 8.20. The van der Waals surface area contributed by atoms with Gasteiger partial charge in [-0.05, 0) is 45.6 Å². The Labute approximate surface area is 133 Å². The Kier molecular flexibility index (Phi) is 5.93. The number of hydrogen-bond acceptors (Lipinski definition) is 3. The first-order valence-electron chi connectivity index (χ1n) is 8.15. The van der Waals surface area contributed by atoms with E-state index in [-0.39, 0.29) is 0 Å². The number of aryl methyl sites for hydroxylation is 1. The van der Waals surface area contributed by atoms with Crippen LogP contribution in [-0.4, -0.2) is 10.1 Å². The summed E-state index contributed by atoms with van der Waals surface area (Å²) in [4.78, 5) is 4.61. The van der Waals surface area contributed by atoms with E-state index < -0.39 is 0 Å². The van der Waals surface area contributed by atoms with E-state index in [1.165, 1.54) is 24.0 Å². The van der Waals surface area contributed by atoms with Crippen LogP contribution in [0.5, 0.6) is 0 Å². The van der Waals surface area contributed by atoms with Gasteiger partial charge in [0.25, 0.3) is 0 Å². The molecule has 2 rings (SSSR count). The van der Waals surface area contributed by atoms with Gasteiger partial charge in [0.05, 0.1) is 0 Å². The van der Waals surface area contributed by atoms with Crippen molar-refractivity contribution < 1.29 is 4.52 Å². The van der Waals surface area contributed by atoms with Crippen LogP contribution >= 0.6 is 0 Å². The molecule has 3 nitrogen and oxygen atoms in total. The number of unbranched alkanes of at least 4 members (excludes halogenated alkanes) is 1. The van der Waals surface area contributed by atoms with Gasteiger partial charge in [0.15, 0.2) is 0 Å². The molecule has 1 aromatic carbocycles. The number of rotatable bonds is 8. The van der Waals surface area contributed by atoms with Crippen LogP contribution in [0.1, 0.15) is 63.3 Å². The van der Waals surface area contributed by atoms with Gasteiger partial charge >= 0.3 is 0 Å². The third-order valence-corrected chi connectivity index (χ3v) is 3.97. The molecule has 0 saturated carbocycles. The van der Waals surface area contributed by atoms with Crippen LogP contribution in [0, 0.1) is 6.92 Å². The quantitative estimate of drug-likeness (QED) is 0.465. The SMILES string of the molecule is C=C(C)CCCCC(CC)c1nc(-c2cccc(C)c2)no1. The van der Waals surface area contributed by atoms with Gasteiger partial charge in [-0.1, -0.05) is 47.8 Å². The monoisotopic (exact) mass is 298 g/mol. The second-order valence-electron chi connectivity index (χ2n) is 6.13. The van der Waals surface area contributed by atoms with Crippen molar-refractivity contribution in [1.82, 2.24) is 10.1 Å². The predicted molar refractivity (Wildman–Crippen MR) is 90.8 cm³/mol. The van der Waals surface area contributed by atoms with Crippen LogP contribution in [0.25, 0.3) is 11.4 Å². The lowest BCUT2D eigenvalue weighted by Crippen LogP contribution is -1.98. The molecule has 3 heteroatoms. The minimum atomic E-state index is 0.358. The molecule has 0 amide bonds. The van der Waals surface area contributed by atoms with Gasteiger partial charge in [-0.15, -0.1) is 6.58 Å². The first-order chi connectivity index (χ1) is 10.6. The van der Waals surface area contributed by atoms with Crippen molar-refractivity contribution in [2.75, 3.05) is 0 Å². The highest BCUT2D eigenvalue weighted by Crippen LogP contribution is 2.27. The topological polar surface area (TPSA) is 38.9 Å². The molecule has 0 fully saturated rings. The summed E-state index contributed by atoms with van der Waals surface area (Å²) in [6.07, 6.45) is 5.59. The fraction of sp³-hybridized carbons (Fsp3) is 0.474. The maximum atomic E-state index is 5.51. The molecule has 0 N–H and O–H groups in total. The summed E-state index contributed by atoms with van der Waals surface area (Å²) in [6.45, 7) is 10.3. The fourth-order valence-electron chi connectivity index (χ4n) is 2.62. The van der Waals surface area contributed by atoms with Crippen LogP contribution in [0.3, 0.4) is 0 Å². The summed E-state index contributed by atoms with van der Waals surface area (Å²) in [7, 11) is 0. The van der Waals surface area contributed by atoms with Gasteiger partial charge < -0.3 is 4.52 Å². The normalized spacial score (nSPS) is 12.3. The summed E-state index contributed by atoms with van der Waals surface area (Å²) >= 11 is 0. The fourth-order valence-corrected chi connectivity index (χ4v) is 2.62. The molecule has 1 aromatic heterocycles. The van der Waals surface area contributed by atoms with Gasteiger partial charge in [-0.3, -0.25) is 0 Å². The van der Waals surface area contributed by atoms with Crippen LogP contribution < -0.4 is 0 Å². The van der Waals surface area contributed by atoms with Crippen LogP contribution in [0.2, 0.25) is 0 Å². The van der Waals surface area contributed by atoms with E-state index in [0.29, 0.717) is 11.7 Å². The van der Waals surface area contributed by atoms with E-state index in [1.807, 2.05) is 12.1 Å². The standard InChI is InChI=1S/C19H26N2O/c1-5-16(11-7-6-9-14(2)3)19-20-18(21-22-19)17-12-8-10-15(4)13-17/h8,10,12-13,16H,2,5-7,9,11H2,1,3-4H3. The van der Waals surface area contributed by atoms with Crippen molar-refractivity contribution in [1.29, 1.82) is 0 Å². The largest absolute Gasteiger partial charge is 0.339 e. The van der Waals surface area contributed by atoms with E-state index in [2.05, 4.69) is 49.6 Å². The zero-order chi connectivity index (χ0) is 15.9. The van der Waals surface area contributed by atoms with Gasteiger partial charge in [0, 0.05) is 11.5 Å². The molecule has 0 saturated heterocycles. The average molecular weight is 298 g/mol. The minimum absolute atomic E-state index is 0.358. The third-order valence-electron chi connectivity index (χ3n) is 3.97. The van der Waals surface area contributed by atoms with Gasteiger partial charge in [-0.2, -0.15) is 4.98 Å². The molecule has 0 aliphatic carbocycles. The number of benzene rings is 1. The molecule has 0 aliphatic heterocycles. The molecule has 0 spiro atoms. The summed E-state index contributed by atoms with van der Waals surface area (Å²) in [5.41, 5.74) is 3.48. The summed E-state index contributed by atoms with van der Waals surface area (Å²) in [5.74, 6) is 1.82.